The lowest BCUT2D eigenvalue weighted by Crippen LogP contribution is -2.34. The Hall–Kier alpha value is -3.67. The maximum atomic E-state index is 12.8. The summed E-state index contributed by atoms with van der Waals surface area (Å²) >= 11 is 0. The van der Waals surface area contributed by atoms with Gasteiger partial charge >= 0.3 is 12.3 Å². The molecule has 178 valence electrons. The number of alkyl halides is 3. The van der Waals surface area contributed by atoms with Crippen molar-refractivity contribution in [2.45, 2.75) is 33.4 Å². The Morgan fingerprint density at radius 3 is 2.44 bits per heavy atom. The van der Waals surface area contributed by atoms with Gasteiger partial charge in [0.1, 0.15) is 5.76 Å². The number of aromatic nitrogens is 1. The van der Waals surface area contributed by atoms with Gasteiger partial charge in [0.15, 0.2) is 5.70 Å². The van der Waals surface area contributed by atoms with Crippen molar-refractivity contribution in [3.63, 3.8) is 0 Å². The Kier molecular flexibility index (Phi) is 5.94. The Balaban J connectivity index is 1.57. The highest BCUT2D eigenvalue weighted by molar-refractivity contribution is 5.66. The van der Waals surface area contributed by atoms with Crippen molar-refractivity contribution in [2.24, 2.45) is 0 Å². The summed E-state index contributed by atoms with van der Waals surface area (Å²) in [6, 6.07) is 11.8. The minimum absolute atomic E-state index is 0.0604. The lowest BCUT2D eigenvalue weighted by molar-refractivity contribution is -1.18. The Bertz CT molecular complexity index is 1270. The van der Waals surface area contributed by atoms with E-state index in [0.717, 1.165) is 17.7 Å². The number of benzene rings is 2. The van der Waals surface area contributed by atoms with Gasteiger partial charge in [-0.2, -0.15) is 22.8 Å². The molecule has 1 aromatic heterocycles. The molecule has 1 aliphatic rings. The summed E-state index contributed by atoms with van der Waals surface area (Å²) in [4.78, 5) is 26.8. The average molecular weight is 476 g/mol. The van der Waals surface area contributed by atoms with E-state index >= 15 is 0 Å². The molecule has 1 unspecified atom stereocenters. The second-order valence-electron chi connectivity index (χ2n) is 7.68. The fourth-order valence-electron chi connectivity index (χ4n) is 3.37. The molecule has 0 aliphatic carbocycles. The standard InChI is InChI=1S/C23H19F3N2O6/c1-13(14(2)28(30)32-22(29)33-34-28)18-6-4-5-16(11-18)12-20-15(3)31-21(27-20)17-7-9-19(10-8-17)23(24,25)26/h4-11H,12H2,1-3H3/b14-13+. The Labute approximate surface area is 191 Å². The van der Waals surface area contributed by atoms with Crippen LogP contribution in [0.25, 0.3) is 17.0 Å². The summed E-state index contributed by atoms with van der Waals surface area (Å²) in [6.07, 6.45) is -5.28. The summed E-state index contributed by atoms with van der Waals surface area (Å²) < 4.78 is 44.1. The normalized spacial score (nSPS) is 19.0. The molecule has 2 aromatic carbocycles. The van der Waals surface area contributed by atoms with Crippen molar-refractivity contribution in [1.29, 1.82) is 0 Å². The number of allylic oxidation sites excluding steroid dienone is 2. The highest BCUT2D eigenvalue weighted by Gasteiger charge is 2.42. The highest BCUT2D eigenvalue weighted by Crippen LogP contribution is 2.33. The van der Waals surface area contributed by atoms with Crippen LogP contribution in [0.2, 0.25) is 0 Å². The molecule has 0 N–H and O–H groups in total. The first kappa shape index (κ1) is 23.5. The van der Waals surface area contributed by atoms with Gasteiger partial charge in [0.25, 0.3) is 0 Å². The number of aryl methyl sites for hydroxylation is 1. The first-order chi connectivity index (χ1) is 16.0. The minimum Gasteiger partial charge on any atom is -0.546 e. The number of nitrogens with zero attached hydrogens (tertiary/aromatic N) is 2. The van der Waals surface area contributed by atoms with E-state index in [1.54, 1.807) is 26.0 Å². The predicted octanol–water partition coefficient (Wildman–Crippen LogP) is 6.25. The zero-order chi connectivity index (χ0) is 24.7. The topological polar surface area (TPSA) is 93.8 Å². The second kappa shape index (κ2) is 8.60. The van der Waals surface area contributed by atoms with Crippen molar-refractivity contribution < 1.29 is 42.1 Å². The smallest absolute Gasteiger partial charge is 0.546 e. The van der Waals surface area contributed by atoms with Gasteiger partial charge in [0, 0.05) is 24.5 Å². The van der Waals surface area contributed by atoms with Gasteiger partial charge in [-0.3, -0.25) is 0 Å². The number of hydrogen-bond donors (Lipinski definition) is 0. The van der Waals surface area contributed by atoms with E-state index in [-0.39, 0.29) is 11.6 Å². The maximum Gasteiger partial charge on any atom is 0.600 e. The molecule has 0 radical (unpaired) electrons. The zero-order valence-electron chi connectivity index (χ0n) is 18.3. The molecule has 0 spiro atoms. The highest BCUT2D eigenvalue weighted by atomic mass is 19.4. The number of rotatable bonds is 5. The quantitative estimate of drug-likeness (QED) is 0.244. The monoisotopic (exact) mass is 476 g/mol. The number of halogens is 3. The molecule has 8 nitrogen and oxygen atoms in total. The largest absolute Gasteiger partial charge is 0.600 e. The average Bonchev–Trinajstić information content (AvgIpc) is 3.34. The zero-order valence-corrected chi connectivity index (χ0v) is 18.3. The van der Waals surface area contributed by atoms with Crippen molar-refractivity contribution in [3.05, 3.63) is 87.6 Å². The first-order valence-corrected chi connectivity index (χ1v) is 10.1. The molecule has 11 heteroatoms. The number of hydrogen-bond acceptors (Lipinski definition) is 7. The van der Waals surface area contributed by atoms with Crippen LogP contribution in [0.1, 0.15) is 42.0 Å². The van der Waals surface area contributed by atoms with Crippen molar-refractivity contribution in [3.8, 4) is 11.5 Å². The van der Waals surface area contributed by atoms with Crippen LogP contribution in [0, 0.1) is 12.1 Å². The number of carbonyl (C=O) groups is 1. The van der Waals surface area contributed by atoms with E-state index in [4.69, 9.17) is 4.42 Å². The van der Waals surface area contributed by atoms with Crippen LogP contribution in [0.3, 0.4) is 0 Å². The minimum atomic E-state index is -4.42. The molecule has 0 saturated carbocycles. The van der Waals surface area contributed by atoms with E-state index in [9.17, 15) is 23.2 Å². The van der Waals surface area contributed by atoms with Crippen molar-refractivity contribution in [2.75, 3.05) is 0 Å². The van der Waals surface area contributed by atoms with Gasteiger partial charge in [-0.05, 0) is 49.2 Å². The maximum absolute atomic E-state index is 12.8. The summed E-state index contributed by atoms with van der Waals surface area (Å²) in [5, 5.41) is 12.5. The van der Waals surface area contributed by atoms with Crippen LogP contribution in [-0.2, 0) is 27.3 Å². The van der Waals surface area contributed by atoms with Crippen molar-refractivity contribution >= 4 is 11.7 Å². The van der Waals surface area contributed by atoms with Crippen molar-refractivity contribution in [1.82, 2.24) is 4.98 Å². The van der Waals surface area contributed by atoms with Crippen LogP contribution >= 0.6 is 0 Å². The SMILES string of the molecule is C/C(=C(/C)[N+]1([O-])OOC(=O)O1)c1cccc(Cc2nc(-c3ccc(C(F)(F)F)cc3)oc2C)c1. The molecular weight excluding hydrogens is 457 g/mol. The number of carbonyl (C=O) groups excluding carboxylic acids is 1. The van der Waals surface area contributed by atoms with Gasteiger partial charge in [-0.1, -0.05) is 24.3 Å². The Morgan fingerprint density at radius 1 is 1.12 bits per heavy atom. The fourth-order valence-corrected chi connectivity index (χ4v) is 3.37. The van der Waals surface area contributed by atoms with Gasteiger partial charge < -0.3 is 9.62 Å². The van der Waals surface area contributed by atoms with Crippen LogP contribution in [0.5, 0.6) is 0 Å². The molecule has 2 heterocycles. The number of hydroxylamine groups is 3. The van der Waals surface area contributed by atoms with E-state index < -0.39 is 22.9 Å². The van der Waals surface area contributed by atoms with Crippen LogP contribution in [0.15, 0.2) is 58.6 Å². The molecule has 34 heavy (non-hydrogen) atoms. The van der Waals surface area contributed by atoms with E-state index in [1.807, 2.05) is 12.1 Å². The molecule has 0 amide bonds. The van der Waals surface area contributed by atoms with Gasteiger partial charge in [0.05, 0.1) is 21.2 Å². The van der Waals surface area contributed by atoms with Crippen LogP contribution < -0.4 is 0 Å². The molecule has 0 bridgehead atoms. The van der Waals surface area contributed by atoms with Crippen LogP contribution in [-0.4, -0.2) is 16.1 Å². The van der Waals surface area contributed by atoms with E-state index in [2.05, 4.69) is 19.7 Å². The molecule has 1 fully saturated rings. The molecule has 3 aromatic rings. The third kappa shape index (κ3) is 4.67. The predicted molar refractivity (Wildman–Crippen MR) is 111 cm³/mol. The lowest BCUT2D eigenvalue weighted by Gasteiger charge is -2.24. The van der Waals surface area contributed by atoms with Gasteiger partial charge in [-0.15, -0.1) is 0 Å². The third-order valence-electron chi connectivity index (χ3n) is 5.44. The first-order valence-electron chi connectivity index (χ1n) is 10.1. The molecule has 4 rings (SSSR count). The molecule has 1 saturated heterocycles. The van der Waals surface area contributed by atoms with Gasteiger partial charge in [0.2, 0.25) is 5.89 Å². The molecule has 1 aliphatic heterocycles. The lowest BCUT2D eigenvalue weighted by atomic mass is 10.0. The summed E-state index contributed by atoms with van der Waals surface area (Å²) in [5.74, 6) is 0.748. The number of quaternary nitrogens is 1. The van der Waals surface area contributed by atoms with Crippen LogP contribution in [0.4, 0.5) is 18.0 Å². The Morgan fingerprint density at radius 2 is 1.82 bits per heavy atom. The van der Waals surface area contributed by atoms with E-state index in [0.29, 0.717) is 34.6 Å². The summed E-state index contributed by atoms with van der Waals surface area (Å²) in [5.41, 5.74) is 2.38. The third-order valence-corrected chi connectivity index (χ3v) is 5.44. The second-order valence-corrected chi connectivity index (χ2v) is 7.68. The fraction of sp³-hybridized carbons (Fsp3) is 0.217. The molecule has 1 atom stereocenters. The number of oxazole rings is 1. The van der Waals surface area contributed by atoms with E-state index in [1.165, 1.54) is 19.1 Å². The summed E-state index contributed by atoms with van der Waals surface area (Å²) in [6.45, 7) is 4.85. The summed E-state index contributed by atoms with van der Waals surface area (Å²) in [7, 11) is 0. The van der Waals surface area contributed by atoms with Gasteiger partial charge in [-0.25, -0.2) is 9.87 Å². The molecular formula is C23H19F3N2O6.